The van der Waals surface area contributed by atoms with Crippen LogP contribution in [-0.4, -0.2) is 55.4 Å². The second-order valence-corrected chi connectivity index (χ2v) is 7.43. The van der Waals surface area contributed by atoms with E-state index in [1.807, 2.05) is 19.9 Å². The topological polar surface area (TPSA) is 125 Å². The van der Waals surface area contributed by atoms with Crippen LogP contribution in [-0.2, 0) is 22.6 Å². The normalized spacial score (nSPS) is 21.6. The number of rotatable bonds is 8. The first-order valence-electron chi connectivity index (χ1n) is 9.66. The van der Waals surface area contributed by atoms with E-state index in [4.69, 9.17) is 0 Å². The third-order valence-corrected chi connectivity index (χ3v) is 5.15. The van der Waals surface area contributed by atoms with Crippen molar-refractivity contribution in [3.8, 4) is 0 Å². The number of imidazole rings is 1. The van der Waals surface area contributed by atoms with Crippen molar-refractivity contribution in [2.45, 2.75) is 58.2 Å². The van der Waals surface area contributed by atoms with Gasteiger partial charge in [0.1, 0.15) is 0 Å². The zero-order valence-corrected chi connectivity index (χ0v) is 16.3. The van der Waals surface area contributed by atoms with Crippen LogP contribution in [0, 0.1) is 19.8 Å². The van der Waals surface area contributed by atoms with Gasteiger partial charge in [-0.2, -0.15) is 5.10 Å². The highest BCUT2D eigenvalue weighted by Gasteiger charge is 2.37. The number of nitrogens with one attached hydrogen (secondary N) is 3. The second-order valence-electron chi connectivity index (χ2n) is 7.43. The fraction of sp³-hybridized carbons (Fsp3) is 0.579. The third-order valence-electron chi connectivity index (χ3n) is 5.15. The number of aromatic nitrogens is 4. The first-order valence-corrected chi connectivity index (χ1v) is 9.66. The predicted octanol–water partition coefficient (Wildman–Crippen LogP) is 0.228. The number of carbonyl (C=O) groups excluding carboxylic acids is 2. The van der Waals surface area contributed by atoms with E-state index in [-0.39, 0.29) is 24.2 Å². The summed E-state index contributed by atoms with van der Waals surface area (Å²) < 4.78 is 1.80. The van der Waals surface area contributed by atoms with Crippen LogP contribution in [0.5, 0.6) is 0 Å². The summed E-state index contributed by atoms with van der Waals surface area (Å²) in [5.74, 6) is -0.520. The number of aliphatic hydroxyl groups excluding tert-OH is 1. The van der Waals surface area contributed by atoms with E-state index in [0.29, 0.717) is 32.4 Å². The molecule has 0 aliphatic heterocycles. The van der Waals surface area contributed by atoms with Gasteiger partial charge in [0.2, 0.25) is 11.8 Å². The van der Waals surface area contributed by atoms with Gasteiger partial charge in [-0.3, -0.25) is 14.3 Å². The molecule has 2 heterocycles. The lowest BCUT2D eigenvalue weighted by molar-refractivity contribution is -0.125. The van der Waals surface area contributed by atoms with Crippen molar-refractivity contribution in [1.29, 1.82) is 0 Å². The smallest absolute Gasteiger partial charge is 0.223 e. The minimum absolute atomic E-state index is 0.0852. The van der Waals surface area contributed by atoms with Crippen LogP contribution in [0.4, 0.5) is 0 Å². The zero-order chi connectivity index (χ0) is 20.1. The molecule has 1 fully saturated rings. The van der Waals surface area contributed by atoms with E-state index >= 15 is 0 Å². The summed E-state index contributed by atoms with van der Waals surface area (Å²) in [6.45, 7) is 4.87. The van der Waals surface area contributed by atoms with Gasteiger partial charge in [-0.05, 0) is 32.8 Å². The van der Waals surface area contributed by atoms with Crippen LogP contribution in [0.1, 0.15) is 36.3 Å². The fourth-order valence-electron chi connectivity index (χ4n) is 3.66. The number of amides is 2. The van der Waals surface area contributed by atoms with E-state index < -0.39 is 12.1 Å². The van der Waals surface area contributed by atoms with Gasteiger partial charge in [-0.15, -0.1) is 0 Å². The molecular weight excluding hydrogens is 360 g/mol. The molecule has 0 spiro atoms. The first kappa shape index (κ1) is 20.1. The van der Waals surface area contributed by atoms with Crippen LogP contribution >= 0.6 is 0 Å². The van der Waals surface area contributed by atoms with Crippen molar-refractivity contribution in [1.82, 2.24) is 30.4 Å². The SMILES string of the molecule is Cc1cc(C)n(CCC(=O)N[C@H]2C[C@H](C(=O)NCCc3cnc[nH]3)C[C@@H]2O)n1. The maximum Gasteiger partial charge on any atom is 0.223 e. The molecular formula is C19H28N6O3. The fourth-order valence-corrected chi connectivity index (χ4v) is 3.66. The molecule has 4 N–H and O–H groups in total. The Morgan fingerprint density at radius 2 is 2.18 bits per heavy atom. The molecule has 2 aromatic rings. The summed E-state index contributed by atoms with van der Waals surface area (Å²) in [5, 5.41) is 20.3. The Labute approximate surface area is 163 Å². The van der Waals surface area contributed by atoms with E-state index in [9.17, 15) is 14.7 Å². The Balaban J connectivity index is 1.40. The summed E-state index contributed by atoms with van der Waals surface area (Å²) in [5.41, 5.74) is 2.89. The van der Waals surface area contributed by atoms with Crippen molar-refractivity contribution in [2.75, 3.05) is 6.54 Å². The second kappa shape index (κ2) is 9.01. The Morgan fingerprint density at radius 3 is 2.86 bits per heavy atom. The van der Waals surface area contributed by atoms with Crippen LogP contribution < -0.4 is 10.6 Å². The molecule has 0 aromatic carbocycles. The highest BCUT2D eigenvalue weighted by atomic mass is 16.3. The molecule has 2 aromatic heterocycles. The van der Waals surface area contributed by atoms with Gasteiger partial charge in [0.05, 0.1) is 24.2 Å². The molecule has 1 saturated carbocycles. The zero-order valence-electron chi connectivity index (χ0n) is 16.3. The monoisotopic (exact) mass is 388 g/mol. The molecule has 28 heavy (non-hydrogen) atoms. The third kappa shape index (κ3) is 5.19. The van der Waals surface area contributed by atoms with Crippen LogP contribution in [0.25, 0.3) is 0 Å². The van der Waals surface area contributed by atoms with Crippen molar-refractivity contribution in [3.63, 3.8) is 0 Å². The van der Waals surface area contributed by atoms with E-state index in [1.54, 1.807) is 17.2 Å². The molecule has 152 valence electrons. The van der Waals surface area contributed by atoms with Gasteiger partial charge in [0.25, 0.3) is 0 Å². The lowest BCUT2D eigenvalue weighted by Gasteiger charge is -2.16. The molecule has 9 heteroatoms. The summed E-state index contributed by atoms with van der Waals surface area (Å²) in [6.07, 6.45) is 4.39. The number of aliphatic hydroxyl groups is 1. The molecule has 1 aliphatic carbocycles. The van der Waals surface area contributed by atoms with E-state index in [2.05, 4.69) is 25.7 Å². The van der Waals surface area contributed by atoms with E-state index in [0.717, 1.165) is 17.1 Å². The molecule has 2 amide bonds. The lowest BCUT2D eigenvalue weighted by atomic mass is 10.1. The quantitative estimate of drug-likeness (QED) is 0.515. The van der Waals surface area contributed by atoms with Crippen molar-refractivity contribution >= 4 is 11.8 Å². The average molecular weight is 388 g/mol. The summed E-state index contributed by atoms with van der Waals surface area (Å²) in [6, 6.07) is 1.57. The maximum atomic E-state index is 12.3. The summed E-state index contributed by atoms with van der Waals surface area (Å²) in [4.78, 5) is 31.5. The highest BCUT2D eigenvalue weighted by molar-refractivity contribution is 5.80. The Kier molecular flexibility index (Phi) is 6.45. The van der Waals surface area contributed by atoms with Gasteiger partial charge in [-0.25, -0.2) is 4.98 Å². The van der Waals surface area contributed by atoms with Gasteiger partial charge in [0.15, 0.2) is 0 Å². The number of hydrogen-bond donors (Lipinski definition) is 4. The molecule has 9 nitrogen and oxygen atoms in total. The molecule has 3 atom stereocenters. The lowest BCUT2D eigenvalue weighted by Crippen LogP contribution is -2.40. The van der Waals surface area contributed by atoms with Gasteiger partial charge >= 0.3 is 0 Å². The van der Waals surface area contributed by atoms with Crippen LogP contribution in [0.2, 0.25) is 0 Å². The number of nitrogens with zero attached hydrogens (tertiary/aromatic N) is 3. The largest absolute Gasteiger partial charge is 0.391 e. The van der Waals surface area contributed by atoms with Gasteiger partial charge in [0, 0.05) is 49.4 Å². The minimum Gasteiger partial charge on any atom is -0.391 e. The molecule has 0 radical (unpaired) electrons. The predicted molar refractivity (Wildman–Crippen MR) is 102 cm³/mol. The number of H-pyrrole nitrogens is 1. The standard InChI is InChI=1S/C19H28N6O3/c1-12-7-13(2)25(24-12)6-4-18(27)23-16-8-14(9-17(16)26)19(28)21-5-3-15-10-20-11-22-15/h7,10-11,14,16-17,26H,3-6,8-9H2,1-2H3,(H,20,22)(H,21,28)(H,23,27)/t14-,16-,17-/m0/s1. The average Bonchev–Trinajstić information content (AvgIpc) is 3.35. The number of aryl methyl sites for hydroxylation is 3. The van der Waals surface area contributed by atoms with E-state index in [1.165, 1.54) is 0 Å². The molecule has 3 rings (SSSR count). The molecule has 0 bridgehead atoms. The van der Waals surface area contributed by atoms with Crippen LogP contribution in [0.3, 0.4) is 0 Å². The number of hydrogen-bond acceptors (Lipinski definition) is 5. The van der Waals surface area contributed by atoms with Crippen molar-refractivity contribution < 1.29 is 14.7 Å². The molecule has 1 aliphatic rings. The molecule has 0 unspecified atom stereocenters. The van der Waals surface area contributed by atoms with Crippen LogP contribution in [0.15, 0.2) is 18.6 Å². The maximum absolute atomic E-state index is 12.3. The van der Waals surface area contributed by atoms with Crippen molar-refractivity contribution in [2.24, 2.45) is 5.92 Å². The number of aromatic amines is 1. The summed E-state index contributed by atoms with van der Waals surface area (Å²) in [7, 11) is 0. The Hall–Kier alpha value is -2.68. The minimum atomic E-state index is -0.707. The van der Waals surface area contributed by atoms with Gasteiger partial charge in [-0.1, -0.05) is 0 Å². The molecule has 0 saturated heterocycles. The highest BCUT2D eigenvalue weighted by Crippen LogP contribution is 2.26. The Bertz CT molecular complexity index is 801. The van der Waals surface area contributed by atoms with Crippen molar-refractivity contribution in [3.05, 3.63) is 35.7 Å². The Morgan fingerprint density at radius 1 is 1.36 bits per heavy atom. The van der Waals surface area contributed by atoms with Gasteiger partial charge < -0.3 is 20.7 Å². The summed E-state index contributed by atoms with van der Waals surface area (Å²) >= 11 is 0. The first-order chi connectivity index (χ1) is 13.4. The number of carbonyl (C=O) groups is 2.